The molecular formula is C30H38ClN3O5. The molecule has 0 aliphatic carbocycles. The van der Waals surface area contributed by atoms with Gasteiger partial charge in [0, 0.05) is 67.7 Å². The van der Waals surface area contributed by atoms with Crippen LogP contribution in [0.3, 0.4) is 0 Å². The van der Waals surface area contributed by atoms with E-state index in [9.17, 15) is 14.4 Å². The summed E-state index contributed by atoms with van der Waals surface area (Å²) in [6.45, 7) is 10.3. The summed E-state index contributed by atoms with van der Waals surface area (Å²) < 4.78 is 10.5. The zero-order chi connectivity index (χ0) is 28.2. The van der Waals surface area contributed by atoms with Crippen LogP contribution in [0.25, 0.3) is 0 Å². The van der Waals surface area contributed by atoms with Crippen molar-refractivity contribution in [2.75, 3.05) is 57.4 Å². The Morgan fingerprint density at radius 1 is 0.974 bits per heavy atom. The van der Waals surface area contributed by atoms with Crippen LogP contribution < -0.4 is 4.90 Å². The molecule has 210 valence electrons. The van der Waals surface area contributed by atoms with Crippen molar-refractivity contribution in [1.29, 1.82) is 0 Å². The number of carbonyl (C=O) groups excluding carboxylic acids is 3. The fourth-order valence-corrected chi connectivity index (χ4v) is 4.37. The fraction of sp³-hybridized carbons (Fsp3) is 0.433. The summed E-state index contributed by atoms with van der Waals surface area (Å²) >= 11 is 5.97. The van der Waals surface area contributed by atoms with E-state index in [1.54, 1.807) is 31.2 Å². The van der Waals surface area contributed by atoms with Crippen LogP contribution in [0, 0.1) is 0 Å². The molecule has 2 amide bonds. The van der Waals surface area contributed by atoms with Crippen LogP contribution in [-0.2, 0) is 25.5 Å². The number of hydrogen-bond acceptors (Lipinski definition) is 6. The highest BCUT2D eigenvalue weighted by Crippen LogP contribution is 2.18. The van der Waals surface area contributed by atoms with Gasteiger partial charge >= 0.3 is 5.97 Å². The molecule has 0 spiro atoms. The molecule has 8 nitrogen and oxygen atoms in total. The minimum absolute atomic E-state index is 0.0231. The van der Waals surface area contributed by atoms with Gasteiger partial charge in [-0.05, 0) is 69.2 Å². The first-order valence-corrected chi connectivity index (χ1v) is 13.8. The lowest BCUT2D eigenvalue weighted by molar-refractivity contribution is -0.137. The molecule has 1 fully saturated rings. The first kappa shape index (κ1) is 30.3. The number of amides is 2. The van der Waals surface area contributed by atoms with Crippen LogP contribution >= 0.6 is 11.6 Å². The van der Waals surface area contributed by atoms with Gasteiger partial charge in [0.05, 0.1) is 19.3 Å². The number of esters is 1. The van der Waals surface area contributed by atoms with Gasteiger partial charge in [0.2, 0.25) is 0 Å². The largest absolute Gasteiger partial charge is 0.463 e. The van der Waals surface area contributed by atoms with Gasteiger partial charge < -0.3 is 19.3 Å². The number of anilines is 1. The maximum Gasteiger partial charge on any atom is 0.330 e. The summed E-state index contributed by atoms with van der Waals surface area (Å²) in [5.74, 6) is -0.971. The number of benzene rings is 2. The van der Waals surface area contributed by atoms with E-state index in [-0.39, 0.29) is 24.5 Å². The Balaban J connectivity index is 1.57. The zero-order valence-electron chi connectivity index (χ0n) is 23.0. The molecule has 0 N–H and O–H groups in total. The van der Waals surface area contributed by atoms with Crippen molar-refractivity contribution in [3.63, 3.8) is 0 Å². The molecule has 39 heavy (non-hydrogen) atoms. The van der Waals surface area contributed by atoms with Crippen molar-refractivity contribution >= 4 is 35.1 Å². The molecule has 1 heterocycles. The first-order valence-electron chi connectivity index (χ1n) is 13.4. The summed E-state index contributed by atoms with van der Waals surface area (Å²) in [4.78, 5) is 43.4. The molecule has 9 heteroatoms. The van der Waals surface area contributed by atoms with Crippen molar-refractivity contribution in [2.24, 2.45) is 0 Å². The third kappa shape index (κ3) is 9.80. The Hall–Kier alpha value is -3.20. The Bertz CT molecular complexity index is 1110. The summed E-state index contributed by atoms with van der Waals surface area (Å²) in [6.07, 6.45) is 3.28. The molecule has 2 aromatic carbocycles. The lowest BCUT2D eigenvalue weighted by Gasteiger charge is -2.35. The van der Waals surface area contributed by atoms with Crippen LogP contribution in [0.5, 0.6) is 0 Å². The average Bonchev–Trinajstić information content (AvgIpc) is 2.94. The van der Waals surface area contributed by atoms with E-state index in [4.69, 9.17) is 21.1 Å². The maximum atomic E-state index is 13.2. The predicted octanol–water partition coefficient (Wildman–Crippen LogP) is 4.22. The van der Waals surface area contributed by atoms with E-state index < -0.39 is 5.97 Å². The number of halogens is 1. The standard InChI is InChI=1S/C30H38ClN3O5/c1-4-38-29(36)14-13-28(35)34(21-22-39-23(2)3)27-11-7-25(8-12-27)30(37)33-19-17-32(18-20-33)16-15-24-5-9-26(31)10-6-24/h5-14,23H,4,15-22H2,1-3H3/b14-13+. The van der Waals surface area contributed by atoms with Crippen molar-refractivity contribution in [3.8, 4) is 0 Å². The summed E-state index contributed by atoms with van der Waals surface area (Å²) in [7, 11) is 0. The van der Waals surface area contributed by atoms with Gasteiger partial charge in [-0.15, -0.1) is 0 Å². The van der Waals surface area contributed by atoms with Crippen LogP contribution in [0.15, 0.2) is 60.7 Å². The molecule has 1 aliphatic rings. The lowest BCUT2D eigenvalue weighted by atomic mass is 10.1. The number of piperazine rings is 1. The molecule has 3 rings (SSSR count). The van der Waals surface area contributed by atoms with E-state index in [1.165, 1.54) is 16.5 Å². The van der Waals surface area contributed by atoms with E-state index in [2.05, 4.69) is 17.0 Å². The summed E-state index contributed by atoms with van der Waals surface area (Å²) in [5, 5.41) is 0.740. The topological polar surface area (TPSA) is 79.4 Å². The summed E-state index contributed by atoms with van der Waals surface area (Å²) in [6, 6.07) is 14.9. The normalized spacial score (nSPS) is 14.1. The van der Waals surface area contributed by atoms with E-state index in [1.807, 2.05) is 30.9 Å². The molecule has 0 unspecified atom stereocenters. The minimum Gasteiger partial charge on any atom is -0.463 e. The maximum absolute atomic E-state index is 13.2. The molecule has 1 aliphatic heterocycles. The number of ether oxygens (including phenoxy) is 2. The highest BCUT2D eigenvalue weighted by molar-refractivity contribution is 6.30. The number of nitrogens with zero attached hydrogens (tertiary/aromatic N) is 3. The van der Waals surface area contributed by atoms with Crippen LogP contribution in [0.4, 0.5) is 5.69 Å². The molecule has 1 saturated heterocycles. The molecule has 0 saturated carbocycles. The van der Waals surface area contributed by atoms with Gasteiger partial charge in [-0.1, -0.05) is 23.7 Å². The Labute approximate surface area is 236 Å². The quantitative estimate of drug-likeness (QED) is 0.288. The highest BCUT2D eigenvalue weighted by atomic mass is 35.5. The molecule has 0 atom stereocenters. The van der Waals surface area contributed by atoms with E-state index >= 15 is 0 Å². The Kier molecular flexibility index (Phi) is 12.0. The van der Waals surface area contributed by atoms with Gasteiger partial charge in [0.15, 0.2) is 0 Å². The molecule has 0 radical (unpaired) electrons. The van der Waals surface area contributed by atoms with Gasteiger partial charge in [0.25, 0.3) is 11.8 Å². The van der Waals surface area contributed by atoms with Crippen LogP contribution in [0.2, 0.25) is 5.02 Å². The van der Waals surface area contributed by atoms with E-state index in [0.717, 1.165) is 37.2 Å². The van der Waals surface area contributed by atoms with Crippen molar-refractivity contribution in [3.05, 3.63) is 76.8 Å². The first-order chi connectivity index (χ1) is 18.8. The highest BCUT2D eigenvalue weighted by Gasteiger charge is 2.22. The van der Waals surface area contributed by atoms with Crippen molar-refractivity contribution in [2.45, 2.75) is 33.3 Å². The fourth-order valence-electron chi connectivity index (χ4n) is 4.25. The zero-order valence-corrected chi connectivity index (χ0v) is 23.7. The second kappa shape index (κ2) is 15.4. The van der Waals surface area contributed by atoms with Crippen molar-refractivity contribution in [1.82, 2.24) is 9.80 Å². The summed E-state index contributed by atoms with van der Waals surface area (Å²) in [5.41, 5.74) is 2.43. The SMILES string of the molecule is CCOC(=O)/C=C/C(=O)N(CCOC(C)C)c1ccc(C(=O)N2CCN(CCc3ccc(Cl)cc3)CC2)cc1. The molecule has 0 bridgehead atoms. The number of rotatable bonds is 12. The van der Waals surface area contributed by atoms with Crippen LogP contribution in [-0.4, -0.2) is 86.2 Å². The minimum atomic E-state index is -0.574. The van der Waals surface area contributed by atoms with Gasteiger partial charge in [-0.3, -0.25) is 14.5 Å². The third-order valence-corrected chi connectivity index (χ3v) is 6.65. The monoisotopic (exact) mass is 555 g/mol. The Morgan fingerprint density at radius 3 is 2.26 bits per heavy atom. The van der Waals surface area contributed by atoms with Crippen LogP contribution in [0.1, 0.15) is 36.7 Å². The van der Waals surface area contributed by atoms with Gasteiger partial charge in [-0.2, -0.15) is 0 Å². The molecule has 2 aromatic rings. The lowest BCUT2D eigenvalue weighted by Crippen LogP contribution is -2.49. The predicted molar refractivity (Wildman–Crippen MR) is 153 cm³/mol. The van der Waals surface area contributed by atoms with Gasteiger partial charge in [-0.25, -0.2) is 4.79 Å². The smallest absolute Gasteiger partial charge is 0.330 e. The number of carbonyl (C=O) groups is 3. The third-order valence-electron chi connectivity index (χ3n) is 6.40. The number of hydrogen-bond donors (Lipinski definition) is 0. The van der Waals surface area contributed by atoms with E-state index in [0.29, 0.717) is 37.5 Å². The van der Waals surface area contributed by atoms with Gasteiger partial charge in [0.1, 0.15) is 0 Å². The molecular weight excluding hydrogens is 518 g/mol. The second-order valence-corrected chi connectivity index (χ2v) is 9.99. The Morgan fingerprint density at radius 2 is 1.64 bits per heavy atom. The average molecular weight is 556 g/mol. The second-order valence-electron chi connectivity index (χ2n) is 9.55. The van der Waals surface area contributed by atoms with Crippen molar-refractivity contribution < 1.29 is 23.9 Å². The molecule has 0 aromatic heterocycles.